The van der Waals surface area contributed by atoms with Crippen molar-refractivity contribution in [3.63, 3.8) is 0 Å². The lowest BCUT2D eigenvalue weighted by Crippen LogP contribution is -2.42. The summed E-state index contributed by atoms with van der Waals surface area (Å²) in [5, 5.41) is 3.70. The quantitative estimate of drug-likeness (QED) is 0.903. The van der Waals surface area contributed by atoms with Gasteiger partial charge in [0.15, 0.2) is 0 Å². The number of rotatable bonds is 5. The van der Waals surface area contributed by atoms with Gasteiger partial charge < -0.3 is 10.1 Å². The fraction of sp³-hybridized carbons (Fsp3) is 0.562. The number of hydrogen-bond acceptors (Lipinski definition) is 2. The zero-order chi connectivity index (χ0) is 14.6. The Morgan fingerprint density at radius 2 is 2.15 bits per heavy atom. The van der Waals surface area contributed by atoms with E-state index in [2.05, 4.69) is 5.32 Å². The van der Waals surface area contributed by atoms with Crippen LogP contribution in [0.15, 0.2) is 24.3 Å². The third kappa shape index (κ3) is 3.53. The van der Waals surface area contributed by atoms with Gasteiger partial charge in [0.2, 0.25) is 5.91 Å². The van der Waals surface area contributed by atoms with E-state index >= 15 is 0 Å². The molecule has 1 atom stereocenters. The zero-order valence-electron chi connectivity index (χ0n) is 12.1. The van der Waals surface area contributed by atoms with E-state index in [1.54, 1.807) is 7.11 Å². The number of carbonyl (C=O) groups is 1. The molecule has 1 unspecified atom stereocenters. The standard InChI is InChI=1S/C16H22ClNO2/c1-16(20-2,13-8-5-9-14(17)10-13)11-18-15(19)12-6-3-4-7-12/h5,8-10,12H,3-4,6-7,11H2,1-2H3,(H,18,19). The van der Waals surface area contributed by atoms with Crippen molar-refractivity contribution in [2.75, 3.05) is 13.7 Å². The Hall–Kier alpha value is -1.06. The smallest absolute Gasteiger partial charge is 0.223 e. The first kappa shape index (κ1) is 15.3. The van der Waals surface area contributed by atoms with Crippen LogP contribution < -0.4 is 5.32 Å². The highest BCUT2D eigenvalue weighted by Crippen LogP contribution is 2.28. The zero-order valence-corrected chi connectivity index (χ0v) is 12.9. The molecule has 1 amide bonds. The summed E-state index contributed by atoms with van der Waals surface area (Å²) in [5.41, 5.74) is 0.415. The van der Waals surface area contributed by atoms with Crippen LogP contribution in [0, 0.1) is 5.92 Å². The molecule has 1 saturated carbocycles. The second-order valence-electron chi connectivity index (χ2n) is 5.64. The van der Waals surface area contributed by atoms with Gasteiger partial charge in [0.05, 0.1) is 6.54 Å². The summed E-state index contributed by atoms with van der Waals surface area (Å²) in [7, 11) is 1.66. The van der Waals surface area contributed by atoms with Crippen molar-refractivity contribution < 1.29 is 9.53 Å². The van der Waals surface area contributed by atoms with Crippen LogP contribution in [0.25, 0.3) is 0 Å². The lowest BCUT2D eigenvalue weighted by atomic mass is 9.95. The molecule has 110 valence electrons. The van der Waals surface area contributed by atoms with Crippen molar-refractivity contribution in [2.45, 2.75) is 38.2 Å². The number of nitrogens with one attached hydrogen (secondary N) is 1. The number of methoxy groups -OCH3 is 1. The topological polar surface area (TPSA) is 38.3 Å². The van der Waals surface area contributed by atoms with Crippen molar-refractivity contribution in [1.29, 1.82) is 0 Å². The van der Waals surface area contributed by atoms with Crippen LogP contribution in [0.1, 0.15) is 38.2 Å². The van der Waals surface area contributed by atoms with Gasteiger partial charge in [-0.2, -0.15) is 0 Å². The Kier molecular flexibility index (Phi) is 5.06. The van der Waals surface area contributed by atoms with E-state index in [1.807, 2.05) is 31.2 Å². The van der Waals surface area contributed by atoms with Crippen LogP contribution in [-0.4, -0.2) is 19.6 Å². The van der Waals surface area contributed by atoms with E-state index in [4.69, 9.17) is 16.3 Å². The van der Waals surface area contributed by atoms with Gasteiger partial charge >= 0.3 is 0 Å². The highest BCUT2D eigenvalue weighted by atomic mass is 35.5. The molecule has 3 nitrogen and oxygen atoms in total. The van der Waals surface area contributed by atoms with Crippen molar-refractivity contribution in [1.82, 2.24) is 5.32 Å². The summed E-state index contributed by atoms with van der Waals surface area (Å²) in [6.07, 6.45) is 4.33. The van der Waals surface area contributed by atoms with E-state index in [0.717, 1.165) is 31.2 Å². The van der Waals surface area contributed by atoms with Gasteiger partial charge in [-0.3, -0.25) is 4.79 Å². The highest BCUT2D eigenvalue weighted by molar-refractivity contribution is 6.30. The van der Waals surface area contributed by atoms with E-state index < -0.39 is 5.60 Å². The first-order valence-electron chi connectivity index (χ1n) is 7.14. The van der Waals surface area contributed by atoms with Gasteiger partial charge in [-0.15, -0.1) is 0 Å². The summed E-state index contributed by atoms with van der Waals surface area (Å²) >= 11 is 6.03. The van der Waals surface area contributed by atoms with E-state index in [1.165, 1.54) is 0 Å². The maximum Gasteiger partial charge on any atom is 0.223 e. The molecule has 0 radical (unpaired) electrons. The van der Waals surface area contributed by atoms with E-state index in [9.17, 15) is 4.79 Å². The normalized spacial score (nSPS) is 18.8. The maximum atomic E-state index is 12.1. The first-order valence-corrected chi connectivity index (χ1v) is 7.52. The molecule has 1 aliphatic carbocycles. The van der Waals surface area contributed by atoms with Crippen LogP contribution in [0.4, 0.5) is 0 Å². The molecule has 0 saturated heterocycles. The minimum absolute atomic E-state index is 0.146. The van der Waals surface area contributed by atoms with Crippen LogP contribution in [0.5, 0.6) is 0 Å². The lowest BCUT2D eigenvalue weighted by molar-refractivity contribution is -0.126. The van der Waals surface area contributed by atoms with Gasteiger partial charge in [-0.05, 0) is 37.5 Å². The van der Waals surface area contributed by atoms with E-state index in [-0.39, 0.29) is 11.8 Å². The third-order valence-corrected chi connectivity index (χ3v) is 4.45. The van der Waals surface area contributed by atoms with Crippen molar-refractivity contribution in [3.05, 3.63) is 34.9 Å². The fourth-order valence-corrected chi connectivity index (χ4v) is 2.89. The minimum Gasteiger partial charge on any atom is -0.372 e. The van der Waals surface area contributed by atoms with Gasteiger partial charge in [0.25, 0.3) is 0 Å². The van der Waals surface area contributed by atoms with E-state index in [0.29, 0.717) is 11.6 Å². The molecule has 1 fully saturated rings. The average molecular weight is 296 g/mol. The van der Waals surface area contributed by atoms with Crippen LogP contribution in [0.3, 0.4) is 0 Å². The molecule has 0 spiro atoms. The highest BCUT2D eigenvalue weighted by Gasteiger charge is 2.29. The summed E-state index contributed by atoms with van der Waals surface area (Å²) < 4.78 is 5.62. The molecule has 0 aliphatic heterocycles. The molecular formula is C16H22ClNO2. The van der Waals surface area contributed by atoms with Crippen LogP contribution in [0.2, 0.25) is 5.02 Å². The summed E-state index contributed by atoms with van der Waals surface area (Å²) in [6.45, 7) is 2.42. The number of halogens is 1. The number of hydrogen-bond donors (Lipinski definition) is 1. The predicted molar refractivity (Wildman–Crippen MR) is 80.8 cm³/mol. The van der Waals surface area contributed by atoms with Crippen LogP contribution in [-0.2, 0) is 15.1 Å². The second kappa shape index (κ2) is 6.59. The Morgan fingerprint density at radius 3 is 2.75 bits per heavy atom. The largest absolute Gasteiger partial charge is 0.372 e. The molecular weight excluding hydrogens is 274 g/mol. The summed E-state index contributed by atoms with van der Waals surface area (Å²) in [4.78, 5) is 12.1. The predicted octanol–water partition coefficient (Wildman–Crippen LogP) is 3.51. The molecule has 1 aromatic carbocycles. The van der Waals surface area contributed by atoms with Crippen molar-refractivity contribution >= 4 is 17.5 Å². The summed E-state index contributed by atoms with van der Waals surface area (Å²) in [5.74, 6) is 0.322. The maximum absolute atomic E-state index is 12.1. The number of benzene rings is 1. The van der Waals surface area contributed by atoms with Gasteiger partial charge in [0, 0.05) is 18.1 Å². The minimum atomic E-state index is -0.556. The van der Waals surface area contributed by atoms with Gasteiger partial charge in [0.1, 0.15) is 5.60 Å². The molecule has 4 heteroatoms. The molecule has 1 aromatic rings. The molecule has 0 bridgehead atoms. The molecule has 0 heterocycles. The third-order valence-electron chi connectivity index (χ3n) is 4.21. The second-order valence-corrected chi connectivity index (χ2v) is 6.08. The van der Waals surface area contributed by atoms with Gasteiger partial charge in [-0.1, -0.05) is 36.6 Å². The first-order chi connectivity index (χ1) is 9.55. The number of amides is 1. The van der Waals surface area contributed by atoms with Crippen molar-refractivity contribution in [3.8, 4) is 0 Å². The monoisotopic (exact) mass is 295 g/mol. The van der Waals surface area contributed by atoms with Crippen molar-refractivity contribution in [2.24, 2.45) is 5.92 Å². The average Bonchev–Trinajstić information content (AvgIpc) is 2.98. The summed E-state index contributed by atoms with van der Waals surface area (Å²) in [6, 6.07) is 7.58. The Balaban J connectivity index is 2.02. The molecule has 2 rings (SSSR count). The Labute approximate surface area is 125 Å². The number of carbonyl (C=O) groups excluding carboxylic acids is 1. The Bertz CT molecular complexity index is 471. The Morgan fingerprint density at radius 1 is 1.45 bits per heavy atom. The number of ether oxygens (including phenoxy) is 1. The van der Waals surface area contributed by atoms with Crippen LogP contribution >= 0.6 is 11.6 Å². The molecule has 1 aliphatic rings. The lowest BCUT2D eigenvalue weighted by Gasteiger charge is -2.29. The molecule has 1 N–H and O–H groups in total. The van der Waals surface area contributed by atoms with Gasteiger partial charge in [-0.25, -0.2) is 0 Å². The SMILES string of the molecule is COC(C)(CNC(=O)C1CCCC1)c1cccc(Cl)c1. The fourth-order valence-electron chi connectivity index (χ4n) is 2.70. The molecule has 0 aromatic heterocycles. The molecule has 20 heavy (non-hydrogen) atoms.